The molecule has 0 amide bonds. The molecule has 1 heterocycles. The molecule has 7 heteroatoms. The van der Waals surface area contributed by atoms with Crippen molar-refractivity contribution in [1.29, 1.82) is 0 Å². The molecule has 1 rings (SSSR count). The molecule has 3 nitrogen and oxygen atoms in total. The summed E-state index contributed by atoms with van der Waals surface area (Å²) in [6, 6.07) is 4.78. The Labute approximate surface area is 157 Å². The predicted octanol–water partition coefficient (Wildman–Crippen LogP) is 4.97. The molecule has 0 bridgehead atoms. The van der Waals surface area contributed by atoms with Gasteiger partial charge in [0.1, 0.15) is 27.1 Å². The van der Waals surface area contributed by atoms with Crippen molar-refractivity contribution in [2.75, 3.05) is 0 Å². The lowest BCUT2D eigenvalue weighted by Crippen LogP contribution is -2.48. The molecule has 0 saturated heterocycles. The minimum Gasteiger partial charge on any atom is -0.237 e. The van der Waals surface area contributed by atoms with Gasteiger partial charge in [-0.25, -0.2) is 13.6 Å². The minimum absolute atomic E-state index is 0.212. The highest BCUT2D eigenvalue weighted by atomic mass is 79.9. The van der Waals surface area contributed by atoms with Gasteiger partial charge in [-0.2, -0.15) is 4.40 Å². The monoisotopic (exact) mass is 434 g/mol. The van der Waals surface area contributed by atoms with E-state index in [2.05, 4.69) is 46.1 Å². The van der Waals surface area contributed by atoms with Gasteiger partial charge in [0.15, 0.2) is 0 Å². The minimum atomic E-state index is -1.90. The SMILES string of the molecule is CC[Si](CC)(CC)c1cc(Br)nc(C(C)=N[S@](=O)C(C)(C)C)c1F. The Hall–Kier alpha value is -0.403. The molecule has 0 N–H and O–H groups in total. The molecule has 1 aromatic heterocycles. The van der Waals surface area contributed by atoms with E-state index in [4.69, 9.17) is 0 Å². The van der Waals surface area contributed by atoms with Crippen LogP contribution in [0, 0.1) is 5.82 Å². The molecule has 0 fully saturated rings. The molecular formula is C17H28BrFN2OSSi. The van der Waals surface area contributed by atoms with Crippen molar-refractivity contribution in [3.8, 4) is 0 Å². The first-order chi connectivity index (χ1) is 11.0. The smallest absolute Gasteiger partial charge is 0.150 e. The van der Waals surface area contributed by atoms with Gasteiger partial charge in [0, 0.05) is 0 Å². The summed E-state index contributed by atoms with van der Waals surface area (Å²) in [5.74, 6) is -0.289. The number of halogens is 2. The molecule has 1 atom stereocenters. The summed E-state index contributed by atoms with van der Waals surface area (Å²) >= 11 is 3.41. The largest absolute Gasteiger partial charge is 0.237 e. The summed E-state index contributed by atoms with van der Waals surface area (Å²) in [6.07, 6.45) is 0. The normalized spacial score (nSPS) is 14.8. The number of aromatic nitrogens is 1. The standard InChI is InChI=1S/C17H28BrFN2OSSi/c1-8-24(9-2,10-3)13-11-14(18)20-16(15(13)19)12(4)21-23(22)17(5,6)7/h11H,8-10H2,1-7H3/t23-/m1/s1. The van der Waals surface area contributed by atoms with Crippen LogP contribution in [0.3, 0.4) is 0 Å². The summed E-state index contributed by atoms with van der Waals surface area (Å²) in [7, 11) is -3.34. The Morgan fingerprint density at radius 3 is 2.21 bits per heavy atom. The number of hydrogen-bond acceptors (Lipinski definition) is 2. The van der Waals surface area contributed by atoms with Gasteiger partial charge < -0.3 is 0 Å². The highest BCUT2D eigenvalue weighted by Gasteiger charge is 2.34. The third-order valence-corrected chi connectivity index (χ3v) is 12.1. The van der Waals surface area contributed by atoms with Crippen LogP contribution >= 0.6 is 15.9 Å². The van der Waals surface area contributed by atoms with Gasteiger partial charge in [-0.15, -0.1) is 0 Å². The van der Waals surface area contributed by atoms with Crippen LogP contribution in [0.4, 0.5) is 4.39 Å². The Balaban J connectivity index is 3.53. The summed E-state index contributed by atoms with van der Waals surface area (Å²) in [5.41, 5.74) is 0.596. The van der Waals surface area contributed by atoms with E-state index in [1.54, 1.807) is 6.92 Å². The molecule has 0 aliphatic carbocycles. The highest BCUT2D eigenvalue weighted by molar-refractivity contribution is 9.10. The molecule has 0 spiro atoms. The van der Waals surface area contributed by atoms with Crippen LogP contribution in [0.1, 0.15) is 54.2 Å². The van der Waals surface area contributed by atoms with Crippen LogP contribution in [0.15, 0.2) is 15.1 Å². The zero-order valence-electron chi connectivity index (χ0n) is 15.7. The zero-order valence-corrected chi connectivity index (χ0v) is 19.1. The van der Waals surface area contributed by atoms with E-state index in [1.807, 2.05) is 26.8 Å². The van der Waals surface area contributed by atoms with E-state index in [0.29, 0.717) is 10.3 Å². The first-order valence-corrected chi connectivity index (χ1v) is 12.9. The van der Waals surface area contributed by atoms with E-state index in [0.717, 1.165) is 23.3 Å². The first-order valence-electron chi connectivity index (χ1n) is 8.36. The van der Waals surface area contributed by atoms with Gasteiger partial charge in [0.2, 0.25) is 0 Å². The maximum absolute atomic E-state index is 15.3. The second-order valence-corrected chi connectivity index (χ2v) is 15.0. The molecule has 0 unspecified atom stereocenters. The van der Waals surface area contributed by atoms with Gasteiger partial charge in [-0.3, -0.25) is 0 Å². The first kappa shape index (κ1) is 21.6. The Bertz CT molecular complexity index is 646. The molecule has 0 saturated carbocycles. The second kappa shape index (κ2) is 8.32. The van der Waals surface area contributed by atoms with E-state index < -0.39 is 23.8 Å². The van der Waals surface area contributed by atoms with Gasteiger partial charge in [-0.1, -0.05) is 38.9 Å². The van der Waals surface area contributed by atoms with Gasteiger partial charge >= 0.3 is 0 Å². The average Bonchev–Trinajstić information content (AvgIpc) is 2.51. The second-order valence-electron chi connectivity index (χ2n) is 7.03. The zero-order chi connectivity index (χ0) is 18.7. The van der Waals surface area contributed by atoms with E-state index in [9.17, 15) is 4.21 Å². The van der Waals surface area contributed by atoms with Crippen molar-refractivity contribution in [2.45, 2.75) is 71.3 Å². The van der Waals surface area contributed by atoms with Gasteiger partial charge in [0.05, 0.1) is 18.5 Å². The number of pyridine rings is 1. The van der Waals surface area contributed by atoms with Gasteiger partial charge in [0.25, 0.3) is 0 Å². The Morgan fingerprint density at radius 2 is 1.79 bits per heavy atom. The Morgan fingerprint density at radius 1 is 1.29 bits per heavy atom. The lowest BCUT2D eigenvalue weighted by Gasteiger charge is -2.29. The van der Waals surface area contributed by atoms with Crippen molar-refractivity contribution < 1.29 is 8.60 Å². The molecule has 1 aromatic rings. The lowest BCUT2D eigenvalue weighted by atomic mass is 10.2. The Kier molecular flexibility index (Phi) is 7.50. The van der Waals surface area contributed by atoms with Crippen LogP contribution in [0.5, 0.6) is 0 Å². The third-order valence-electron chi connectivity index (χ3n) is 4.61. The topological polar surface area (TPSA) is 42.3 Å². The quantitative estimate of drug-likeness (QED) is 0.360. The molecular weight excluding hydrogens is 407 g/mol. The van der Waals surface area contributed by atoms with E-state index in [1.165, 1.54) is 0 Å². The molecule has 0 aliphatic heterocycles. The van der Waals surface area contributed by atoms with Crippen LogP contribution in [0.2, 0.25) is 18.1 Å². The van der Waals surface area contributed by atoms with E-state index in [-0.39, 0.29) is 11.5 Å². The van der Waals surface area contributed by atoms with Crippen LogP contribution in [-0.4, -0.2) is 27.7 Å². The lowest BCUT2D eigenvalue weighted by molar-refractivity contribution is 0.624. The fourth-order valence-electron chi connectivity index (χ4n) is 2.75. The fourth-order valence-corrected chi connectivity index (χ4v) is 7.65. The fraction of sp³-hybridized carbons (Fsp3) is 0.647. The summed E-state index contributed by atoms with van der Waals surface area (Å²) < 4.78 is 31.9. The number of hydrogen-bond donors (Lipinski definition) is 0. The predicted molar refractivity (Wildman–Crippen MR) is 109 cm³/mol. The van der Waals surface area contributed by atoms with Crippen LogP contribution < -0.4 is 5.19 Å². The molecule has 0 aromatic carbocycles. The molecule has 0 aliphatic rings. The molecule has 0 radical (unpaired) electrons. The summed E-state index contributed by atoms with van der Waals surface area (Å²) in [5, 5.41) is 0.794. The maximum Gasteiger partial charge on any atom is 0.150 e. The van der Waals surface area contributed by atoms with Crippen LogP contribution in [-0.2, 0) is 11.0 Å². The van der Waals surface area contributed by atoms with Crippen LogP contribution in [0.25, 0.3) is 0 Å². The molecule has 136 valence electrons. The van der Waals surface area contributed by atoms with Crippen molar-refractivity contribution in [3.63, 3.8) is 0 Å². The van der Waals surface area contributed by atoms with E-state index >= 15 is 4.39 Å². The highest BCUT2D eigenvalue weighted by Crippen LogP contribution is 2.24. The average molecular weight is 435 g/mol. The number of nitrogens with zero attached hydrogens (tertiary/aromatic N) is 2. The van der Waals surface area contributed by atoms with Crippen molar-refractivity contribution in [1.82, 2.24) is 4.98 Å². The molecule has 24 heavy (non-hydrogen) atoms. The number of rotatable bonds is 6. The third kappa shape index (κ3) is 4.61. The summed E-state index contributed by atoms with van der Waals surface area (Å²) in [6.45, 7) is 13.6. The van der Waals surface area contributed by atoms with Crippen molar-refractivity contribution in [2.24, 2.45) is 4.40 Å². The van der Waals surface area contributed by atoms with Crippen molar-refractivity contribution in [3.05, 3.63) is 22.2 Å². The van der Waals surface area contributed by atoms with Crippen molar-refractivity contribution >= 4 is 45.9 Å². The maximum atomic E-state index is 15.3. The van der Waals surface area contributed by atoms with Gasteiger partial charge in [-0.05, 0) is 54.9 Å². The summed E-state index contributed by atoms with van der Waals surface area (Å²) in [4.78, 5) is 4.28.